The van der Waals surface area contributed by atoms with Gasteiger partial charge in [-0.1, -0.05) is 24.3 Å². The maximum absolute atomic E-state index is 12.5. The highest BCUT2D eigenvalue weighted by Crippen LogP contribution is 2.33. The standard InChI is InChI=1S/C22H17NO7/c24-22(15-5-4-8-20(11-15)30-19-6-2-1-3-7-19)28-13-17-10-18(23(25)26)9-16-12-27-14-29-21(16)17/h1-11H,12-14H2. The highest BCUT2D eigenvalue weighted by Gasteiger charge is 2.22. The van der Waals surface area contributed by atoms with Gasteiger partial charge in [-0.3, -0.25) is 10.1 Å². The summed E-state index contributed by atoms with van der Waals surface area (Å²) >= 11 is 0. The Morgan fingerprint density at radius 2 is 1.83 bits per heavy atom. The lowest BCUT2D eigenvalue weighted by Gasteiger charge is -2.20. The number of nitrogens with zero attached hydrogens (tertiary/aromatic N) is 1. The summed E-state index contributed by atoms with van der Waals surface area (Å²) in [7, 11) is 0. The van der Waals surface area contributed by atoms with E-state index < -0.39 is 10.9 Å². The zero-order valence-electron chi connectivity index (χ0n) is 15.8. The minimum atomic E-state index is -0.583. The quantitative estimate of drug-likeness (QED) is 0.334. The summed E-state index contributed by atoms with van der Waals surface area (Å²) < 4.78 is 21.7. The lowest BCUT2D eigenvalue weighted by Crippen LogP contribution is -2.15. The molecule has 1 heterocycles. The van der Waals surface area contributed by atoms with Crippen LogP contribution in [0.2, 0.25) is 0 Å². The van der Waals surface area contributed by atoms with Crippen molar-refractivity contribution in [3.05, 3.63) is 93.5 Å². The van der Waals surface area contributed by atoms with Crippen LogP contribution in [0.4, 0.5) is 5.69 Å². The Morgan fingerprint density at radius 3 is 2.63 bits per heavy atom. The van der Waals surface area contributed by atoms with E-state index in [2.05, 4.69) is 0 Å². The molecule has 0 bridgehead atoms. The number of carbonyl (C=O) groups excluding carboxylic acids is 1. The van der Waals surface area contributed by atoms with E-state index >= 15 is 0 Å². The van der Waals surface area contributed by atoms with Crippen molar-refractivity contribution in [2.45, 2.75) is 13.2 Å². The molecule has 0 radical (unpaired) electrons. The molecule has 0 saturated heterocycles. The van der Waals surface area contributed by atoms with Gasteiger partial charge in [0.15, 0.2) is 6.79 Å². The third kappa shape index (κ3) is 4.39. The maximum Gasteiger partial charge on any atom is 0.338 e. The Hall–Kier alpha value is -3.91. The molecule has 0 atom stereocenters. The molecule has 3 aromatic rings. The van der Waals surface area contributed by atoms with E-state index in [1.807, 2.05) is 18.2 Å². The first-order valence-electron chi connectivity index (χ1n) is 9.11. The van der Waals surface area contributed by atoms with Gasteiger partial charge < -0.3 is 18.9 Å². The van der Waals surface area contributed by atoms with E-state index in [0.717, 1.165) is 0 Å². The number of nitro groups is 1. The summed E-state index contributed by atoms with van der Waals surface area (Å²) in [6, 6.07) is 18.5. The minimum absolute atomic E-state index is 0.0324. The fourth-order valence-electron chi connectivity index (χ4n) is 3.03. The number of nitro benzene ring substituents is 1. The molecule has 1 aliphatic rings. The smallest absolute Gasteiger partial charge is 0.338 e. The molecule has 1 aliphatic heterocycles. The number of esters is 1. The number of benzene rings is 3. The van der Waals surface area contributed by atoms with Crippen LogP contribution in [0.15, 0.2) is 66.7 Å². The van der Waals surface area contributed by atoms with E-state index in [1.165, 1.54) is 12.1 Å². The molecule has 30 heavy (non-hydrogen) atoms. The first-order chi connectivity index (χ1) is 14.6. The van der Waals surface area contributed by atoms with Crippen molar-refractivity contribution < 1.29 is 28.7 Å². The summed E-state index contributed by atoms with van der Waals surface area (Å²) in [5.41, 5.74) is 1.13. The first kappa shape index (κ1) is 19.4. The third-order valence-corrected chi connectivity index (χ3v) is 4.39. The van der Waals surface area contributed by atoms with Crippen LogP contribution in [0, 0.1) is 10.1 Å². The molecule has 3 aromatic carbocycles. The Balaban J connectivity index is 1.49. The number of fused-ring (bicyclic) bond motifs is 1. The number of carbonyl (C=O) groups is 1. The highest BCUT2D eigenvalue weighted by atomic mass is 16.7. The highest BCUT2D eigenvalue weighted by molar-refractivity contribution is 5.89. The third-order valence-electron chi connectivity index (χ3n) is 4.39. The first-order valence-corrected chi connectivity index (χ1v) is 9.11. The monoisotopic (exact) mass is 407 g/mol. The molecule has 0 unspecified atom stereocenters. The van der Waals surface area contributed by atoms with Crippen LogP contribution in [0.3, 0.4) is 0 Å². The molecule has 0 spiro atoms. The number of non-ortho nitro benzene ring substituents is 1. The van der Waals surface area contributed by atoms with E-state index in [-0.39, 0.29) is 25.7 Å². The molecule has 0 aromatic heterocycles. The topological polar surface area (TPSA) is 97.1 Å². The van der Waals surface area contributed by atoms with Gasteiger partial charge in [0.1, 0.15) is 23.9 Å². The molecule has 8 nitrogen and oxygen atoms in total. The Labute approximate surface area is 171 Å². The normalized spacial score (nSPS) is 12.4. The molecule has 0 N–H and O–H groups in total. The summed E-state index contributed by atoms with van der Waals surface area (Å²) in [5, 5.41) is 11.2. The Morgan fingerprint density at radius 1 is 1.03 bits per heavy atom. The van der Waals surface area contributed by atoms with E-state index in [4.69, 9.17) is 18.9 Å². The summed E-state index contributed by atoms with van der Waals surface area (Å²) in [6.07, 6.45) is 0. The van der Waals surface area contributed by atoms with Gasteiger partial charge in [0.25, 0.3) is 5.69 Å². The molecule has 0 aliphatic carbocycles. The van der Waals surface area contributed by atoms with Crippen molar-refractivity contribution in [3.63, 3.8) is 0 Å². The molecule has 4 rings (SSSR count). The second kappa shape index (κ2) is 8.62. The predicted molar refractivity (Wildman–Crippen MR) is 105 cm³/mol. The van der Waals surface area contributed by atoms with Crippen LogP contribution in [-0.2, 0) is 22.7 Å². The van der Waals surface area contributed by atoms with Gasteiger partial charge in [-0.05, 0) is 30.3 Å². The van der Waals surface area contributed by atoms with Gasteiger partial charge in [-0.25, -0.2) is 4.79 Å². The van der Waals surface area contributed by atoms with Crippen molar-refractivity contribution in [3.8, 4) is 17.2 Å². The molecule has 152 valence electrons. The molecule has 0 saturated carbocycles. The van der Waals surface area contributed by atoms with Crippen molar-refractivity contribution >= 4 is 11.7 Å². The van der Waals surface area contributed by atoms with Crippen LogP contribution in [0.5, 0.6) is 17.2 Å². The number of hydrogen-bond acceptors (Lipinski definition) is 7. The fourth-order valence-corrected chi connectivity index (χ4v) is 3.03. The lowest BCUT2D eigenvalue weighted by molar-refractivity contribution is -0.385. The summed E-state index contributed by atoms with van der Waals surface area (Å²) in [6.45, 7) is 0.0497. The largest absolute Gasteiger partial charge is 0.467 e. The molecular weight excluding hydrogens is 390 g/mol. The van der Waals surface area contributed by atoms with Crippen molar-refractivity contribution in [2.75, 3.05) is 6.79 Å². The molecule has 8 heteroatoms. The Kier molecular flexibility index (Phi) is 5.58. The second-order valence-electron chi connectivity index (χ2n) is 6.48. The zero-order chi connectivity index (χ0) is 20.9. The Bertz CT molecular complexity index is 1080. The van der Waals surface area contributed by atoms with Gasteiger partial charge in [0, 0.05) is 23.3 Å². The van der Waals surface area contributed by atoms with Crippen LogP contribution in [-0.4, -0.2) is 17.7 Å². The number of para-hydroxylation sites is 1. The average molecular weight is 407 g/mol. The minimum Gasteiger partial charge on any atom is -0.467 e. The number of rotatable bonds is 6. The lowest BCUT2D eigenvalue weighted by atomic mass is 10.1. The van der Waals surface area contributed by atoms with Crippen molar-refractivity contribution in [2.24, 2.45) is 0 Å². The number of ether oxygens (including phenoxy) is 4. The molecular formula is C22H17NO7. The fraction of sp³-hybridized carbons (Fsp3) is 0.136. The van der Waals surface area contributed by atoms with Crippen LogP contribution in [0.1, 0.15) is 21.5 Å². The summed E-state index contributed by atoms with van der Waals surface area (Å²) in [4.78, 5) is 23.2. The van der Waals surface area contributed by atoms with Gasteiger partial charge in [-0.15, -0.1) is 0 Å². The van der Waals surface area contributed by atoms with Crippen molar-refractivity contribution in [1.82, 2.24) is 0 Å². The summed E-state index contributed by atoms with van der Waals surface area (Å²) in [5.74, 6) is 0.996. The van der Waals surface area contributed by atoms with Crippen LogP contribution >= 0.6 is 0 Å². The molecule has 0 amide bonds. The SMILES string of the molecule is O=C(OCc1cc([N+](=O)[O-])cc2c1OCOC2)c1cccc(Oc2ccccc2)c1. The van der Waals surface area contributed by atoms with E-state index in [9.17, 15) is 14.9 Å². The predicted octanol–water partition coefficient (Wildman–Crippen LogP) is 4.61. The van der Waals surface area contributed by atoms with Crippen LogP contribution in [0.25, 0.3) is 0 Å². The van der Waals surface area contributed by atoms with Crippen molar-refractivity contribution in [1.29, 1.82) is 0 Å². The molecule has 0 fully saturated rings. The number of hydrogen-bond donors (Lipinski definition) is 0. The second-order valence-corrected chi connectivity index (χ2v) is 6.48. The van der Waals surface area contributed by atoms with Gasteiger partial charge >= 0.3 is 5.97 Å². The van der Waals surface area contributed by atoms with Gasteiger partial charge in [0.05, 0.1) is 17.1 Å². The average Bonchev–Trinajstić information content (AvgIpc) is 2.78. The van der Waals surface area contributed by atoms with Gasteiger partial charge in [-0.2, -0.15) is 0 Å². The van der Waals surface area contributed by atoms with E-state index in [1.54, 1.807) is 36.4 Å². The zero-order valence-corrected chi connectivity index (χ0v) is 15.8. The van der Waals surface area contributed by atoms with Crippen LogP contribution < -0.4 is 9.47 Å². The van der Waals surface area contributed by atoms with Gasteiger partial charge in [0.2, 0.25) is 0 Å². The van der Waals surface area contributed by atoms with E-state index in [0.29, 0.717) is 33.9 Å². The maximum atomic E-state index is 12.5.